The van der Waals surface area contributed by atoms with Gasteiger partial charge in [-0.15, -0.1) is 0 Å². The molecule has 0 aliphatic heterocycles. The number of aromatic nitrogens is 4. The SMILES string of the molecule is CC(C)n1cc(C(=O)N[C@H]2CC(C)(C)Cc3c2cnn3-c2ccccc2)cn1. The van der Waals surface area contributed by atoms with E-state index in [1.54, 1.807) is 10.9 Å². The Morgan fingerprint density at radius 1 is 1.18 bits per heavy atom. The number of nitrogens with zero attached hydrogens (tertiary/aromatic N) is 4. The molecule has 0 spiro atoms. The third-order valence-corrected chi connectivity index (χ3v) is 5.38. The van der Waals surface area contributed by atoms with Crippen LogP contribution in [0.25, 0.3) is 5.69 Å². The van der Waals surface area contributed by atoms with Crippen LogP contribution in [-0.2, 0) is 6.42 Å². The van der Waals surface area contributed by atoms with Crippen molar-refractivity contribution in [3.8, 4) is 5.69 Å². The van der Waals surface area contributed by atoms with Crippen molar-refractivity contribution in [1.29, 1.82) is 0 Å². The monoisotopic (exact) mass is 377 g/mol. The van der Waals surface area contributed by atoms with Gasteiger partial charge in [0.2, 0.25) is 0 Å². The predicted molar refractivity (Wildman–Crippen MR) is 108 cm³/mol. The highest BCUT2D eigenvalue weighted by Crippen LogP contribution is 2.41. The summed E-state index contributed by atoms with van der Waals surface area (Å²) in [4.78, 5) is 12.9. The van der Waals surface area contributed by atoms with E-state index in [9.17, 15) is 4.79 Å². The minimum atomic E-state index is -0.0898. The number of amides is 1. The first-order valence-electron chi connectivity index (χ1n) is 9.81. The maximum atomic E-state index is 12.9. The molecular weight excluding hydrogens is 350 g/mol. The van der Waals surface area contributed by atoms with Gasteiger partial charge in [0.05, 0.1) is 35.4 Å². The number of rotatable bonds is 4. The first-order valence-corrected chi connectivity index (χ1v) is 9.81. The summed E-state index contributed by atoms with van der Waals surface area (Å²) in [6, 6.07) is 10.3. The van der Waals surface area contributed by atoms with Gasteiger partial charge in [-0.05, 0) is 44.2 Å². The minimum Gasteiger partial charge on any atom is -0.345 e. The molecule has 0 unspecified atom stereocenters. The molecule has 2 heterocycles. The van der Waals surface area contributed by atoms with Gasteiger partial charge < -0.3 is 5.32 Å². The summed E-state index contributed by atoms with van der Waals surface area (Å²) in [7, 11) is 0. The quantitative estimate of drug-likeness (QED) is 0.745. The maximum Gasteiger partial charge on any atom is 0.254 e. The molecule has 28 heavy (non-hydrogen) atoms. The van der Waals surface area contributed by atoms with Gasteiger partial charge in [0.15, 0.2) is 0 Å². The molecule has 6 nitrogen and oxygen atoms in total. The lowest BCUT2D eigenvalue weighted by Crippen LogP contribution is -2.36. The highest BCUT2D eigenvalue weighted by molar-refractivity contribution is 5.94. The van der Waals surface area contributed by atoms with E-state index in [4.69, 9.17) is 0 Å². The van der Waals surface area contributed by atoms with E-state index >= 15 is 0 Å². The van der Waals surface area contributed by atoms with Gasteiger partial charge in [-0.1, -0.05) is 32.0 Å². The Hall–Kier alpha value is -2.89. The molecule has 3 aromatic rings. The molecule has 0 fully saturated rings. The van der Waals surface area contributed by atoms with Crippen LogP contribution in [0.3, 0.4) is 0 Å². The number of benzene rings is 1. The molecule has 6 heteroatoms. The number of nitrogens with one attached hydrogen (secondary N) is 1. The fourth-order valence-electron chi connectivity index (χ4n) is 3.94. The molecule has 1 aromatic carbocycles. The van der Waals surface area contributed by atoms with Gasteiger partial charge in [0, 0.05) is 17.8 Å². The molecular formula is C22H27N5O. The standard InChI is InChI=1S/C22H27N5O/c1-15(2)26-14-16(12-23-26)21(28)25-19-10-22(3,4)11-20-18(19)13-24-27(20)17-8-6-5-7-9-17/h5-9,12-15,19H,10-11H2,1-4H3,(H,25,28)/t19-/m0/s1. The fourth-order valence-corrected chi connectivity index (χ4v) is 3.94. The molecule has 1 aliphatic rings. The van der Waals surface area contributed by atoms with Gasteiger partial charge >= 0.3 is 0 Å². The van der Waals surface area contributed by atoms with Crippen LogP contribution in [0.2, 0.25) is 0 Å². The molecule has 1 N–H and O–H groups in total. The number of carbonyl (C=O) groups is 1. The Morgan fingerprint density at radius 3 is 2.61 bits per heavy atom. The van der Waals surface area contributed by atoms with Crippen LogP contribution in [-0.4, -0.2) is 25.5 Å². The molecule has 2 aromatic heterocycles. The van der Waals surface area contributed by atoms with Crippen molar-refractivity contribution in [3.05, 3.63) is 65.7 Å². The smallest absolute Gasteiger partial charge is 0.254 e. The van der Waals surface area contributed by atoms with Gasteiger partial charge in [-0.3, -0.25) is 9.48 Å². The topological polar surface area (TPSA) is 64.7 Å². The molecule has 4 rings (SSSR count). The van der Waals surface area contributed by atoms with Gasteiger partial charge in [0.1, 0.15) is 0 Å². The van der Waals surface area contributed by atoms with Gasteiger partial charge in [0.25, 0.3) is 5.91 Å². The molecule has 146 valence electrons. The first-order chi connectivity index (χ1) is 13.3. The third kappa shape index (κ3) is 3.46. The van der Waals surface area contributed by atoms with Crippen molar-refractivity contribution < 1.29 is 4.79 Å². The van der Waals surface area contributed by atoms with Crippen LogP contribution in [0.5, 0.6) is 0 Å². The zero-order valence-corrected chi connectivity index (χ0v) is 16.9. The highest BCUT2D eigenvalue weighted by atomic mass is 16.1. The first kappa shape index (κ1) is 18.5. The Balaban J connectivity index is 1.64. The number of para-hydroxylation sites is 1. The maximum absolute atomic E-state index is 12.9. The average molecular weight is 377 g/mol. The number of hydrogen-bond acceptors (Lipinski definition) is 3. The number of fused-ring (bicyclic) bond motifs is 1. The summed E-state index contributed by atoms with van der Waals surface area (Å²) >= 11 is 0. The minimum absolute atomic E-state index is 0.0638. The summed E-state index contributed by atoms with van der Waals surface area (Å²) in [6.45, 7) is 8.58. The third-order valence-electron chi connectivity index (χ3n) is 5.38. The summed E-state index contributed by atoms with van der Waals surface area (Å²) < 4.78 is 3.81. The molecule has 0 saturated carbocycles. The van der Waals surface area contributed by atoms with E-state index in [1.807, 2.05) is 49.1 Å². The van der Waals surface area contributed by atoms with Crippen LogP contribution >= 0.6 is 0 Å². The zero-order valence-electron chi connectivity index (χ0n) is 16.9. The molecule has 0 bridgehead atoms. The van der Waals surface area contributed by atoms with Crippen LogP contribution < -0.4 is 5.32 Å². The van der Waals surface area contributed by atoms with E-state index in [0.29, 0.717) is 5.56 Å². The molecule has 0 radical (unpaired) electrons. The second kappa shape index (κ2) is 6.93. The number of hydrogen-bond donors (Lipinski definition) is 1. The van der Waals surface area contributed by atoms with Gasteiger partial charge in [-0.2, -0.15) is 10.2 Å². The fraction of sp³-hybridized carbons (Fsp3) is 0.409. The Labute approximate surface area is 165 Å². The van der Waals surface area contributed by atoms with E-state index in [0.717, 1.165) is 24.1 Å². The zero-order chi connectivity index (χ0) is 19.9. The van der Waals surface area contributed by atoms with Crippen molar-refractivity contribution in [3.63, 3.8) is 0 Å². The van der Waals surface area contributed by atoms with Crippen molar-refractivity contribution in [1.82, 2.24) is 24.9 Å². The second-order valence-electron chi connectivity index (χ2n) is 8.67. The summed E-state index contributed by atoms with van der Waals surface area (Å²) in [5.41, 5.74) is 3.98. The lowest BCUT2D eigenvalue weighted by Gasteiger charge is -2.35. The van der Waals surface area contributed by atoms with Gasteiger partial charge in [-0.25, -0.2) is 4.68 Å². The van der Waals surface area contributed by atoms with Crippen LogP contribution in [0.4, 0.5) is 0 Å². The normalized spacial score (nSPS) is 18.1. The van der Waals surface area contributed by atoms with Crippen LogP contribution in [0.15, 0.2) is 48.9 Å². The summed E-state index contributed by atoms with van der Waals surface area (Å²) in [5, 5.41) is 12.1. The molecule has 1 amide bonds. The van der Waals surface area contributed by atoms with E-state index in [2.05, 4.69) is 41.5 Å². The summed E-state index contributed by atoms with van der Waals surface area (Å²) in [5.74, 6) is -0.0898. The summed E-state index contributed by atoms with van der Waals surface area (Å²) in [6.07, 6.45) is 7.15. The van der Waals surface area contributed by atoms with Crippen molar-refractivity contribution in [2.24, 2.45) is 5.41 Å². The Kier molecular flexibility index (Phi) is 4.57. The largest absolute Gasteiger partial charge is 0.345 e. The van der Waals surface area contributed by atoms with Crippen LogP contribution in [0.1, 0.15) is 67.8 Å². The van der Waals surface area contributed by atoms with Crippen molar-refractivity contribution in [2.45, 2.75) is 52.6 Å². The predicted octanol–water partition coefficient (Wildman–Crippen LogP) is 4.09. The van der Waals surface area contributed by atoms with E-state index in [1.165, 1.54) is 5.69 Å². The molecule has 1 aliphatic carbocycles. The molecule has 1 atom stereocenters. The Bertz CT molecular complexity index is 984. The van der Waals surface area contributed by atoms with Crippen molar-refractivity contribution >= 4 is 5.91 Å². The highest BCUT2D eigenvalue weighted by Gasteiger charge is 2.36. The Morgan fingerprint density at radius 2 is 1.93 bits per heavy atom. The molecule has 0 saturated heterocycles. The number of carbonyl (C=O) groups excluding carboxylic acids is 1. The van der Waals surface area contributed by atoms with Crippen molar-refractivity contribution in [2.75, 3.05) is 0 Å². The van der Waals surface area contributed by atoms with E-state index in [-0.39, 0.29) is 23.4 Å². The lowest BCUT2D eigenvalue weighted by atomic mass is 9.74. The van der Waals surface area contributed by atoms with Crippen LogP contribution in [0, 0.1) is 5.41 Å². The average Bonchev–Trinajstić information content (AvgIpc) is 3.29. The van der Waals surface area contributed by atoms with E-state index < -0.39 is 0 Å². The second-order valence-corrected chi connectivity index (χ2v) is 8.67. The lowest BCUT2D eigenvalue weighted by molar-refractivity contribution is 0.0919.